The maximum atomic E-state index is 13.4. The molecule has 0 spiro atoms. The molecule has 6 nitrogen and oxygen atoms in total. The summed E-state index contributed by atoms with van der Waals surface area (Å²) in [6, 6.07) is 0. The van der Waals surface area contributed by atoms with Gasteiger partial charge in [-0.3, -0.25) is 4.55 Å². The third kappa shape index (κ3) is 6.65. The molecule has 0 bridgehead atoms. The molecule has 1 aliphatic rings. The lowest BCUT2D eigenvalue weighted by molar-refractivity contribution is -0.171. The van der Waals surface area contributed by atoms with E-state index in [0.717, 1.165) is 32.1 Å². The van der Waals surface area contributed by atoms with E-state index in [0.29, 0.717) is 12.8 Å². The summed E-state index contributed by atoms with van der Waals surface area (Å²) in [7, 11) is -6.29. The van der Waals surface area contributed by atoms with Crippen molar-refractivity contribution < 1.29 is 44.8 Å². The zero-order valence-electron chi connectivity index (χ0n) is 17.3. The van der Waals surface area contributed by atoms with Gasteiger partial charge in [0.2, 0.25) is 0 Å². The average molecular weight is 463 g/mol. The number of hydrogen-bond acceptors (Lipinski definition) is 5. The second-order valence-electron chi connectivity index (χ2n) is 7.98. The molecule has 0 aromatic carbocycles. The summed E-state index contributed by atoms with van der Waals surface area (Å²) >= 11 is 0. The van der Waals surface area contributed by atoms with E-state index in [-0.39, 0.29) is 11.5 Å². The highest BCUT2D eigenvalue weighted by Crippen LogP contribution is 2.40. The molecule has 0 aliphatic heterocycles. The standard InChI is InChI=1S/C19H30F4O6S/c1-14(2)17(9-7-5-4-6-8-10-17)29-16(24)15(3)13-28-12-11-18(20,21)19(22,23)30(25,26)27/h14H,3-13H2,1-2H3,(H,25,26,27). The Balaban J connectivity index is 2.61. The summed E-state index contributed by atoms with van der Waals surface area (Å²) in [5.74, 6) is -5.75. The Kier molecular flexibility index (Phi) is 9.31. The Labute approximate surface area is 174 Å². The minimum atomic E-state index is -6.29. The van der Waals surface area contributed by atoms with Crippen molar-refractivity contribution in [2.75, 3.05) is 13.2 Å². The minimum absolute atomic E-state index is 0.0506. The van der Waals surface area contributed by atoms with E-state index in [9.17, 15) is 30.8 Å². The smallest absolute Gasteiger partial charge is 0.431 e. The summed E-state index contributed by atoms with van der Waals surface area (Å²) in [5, 5.41) is -5.65. The number of alkyl halides is 4. The van der Waals surface area contributed by atoms with Crippen molar-refractivity contribution in [2.45, 2.75) is 82.0 Å². The van der Waals surface area contributed by atoms with Gasteiger partial charge in [-0.25, -0.2) is 4.79 Å². The van der Waals surface area contributed by atoms with Crippen molar-refractivity contribution in [1.29, 1.82) is 0 Å². The minimum Gasteiger partial charge on any atom is -0.455 e. The van der Waals surface area contributed by atoms with Gasteiger partial charge >= 0.3 is 27.3 Å². The Hall–Kier alpha value is -1.20. The molecule has 0 radical (unpaired) electrons. The summed E-state index contributed by atoms with van der Waals surface area (Å²) in [4.78, 5) is 12.4. The van der Waals surface area contributed by atoms with Crippen LogP contribution in [0.4, 0.5) is 17.6 Å². The summed E-state index contributed by atoms with van der Waals surface area (Å²) in [5.41, 5.74) is -0.827. The second kappa shape index (κ2) is 10.4. The topological polar surface area (TPSA) is 89.9 Å². The normalized spacial score (nSPS) is 18.5. The molecule has 1 fully saturated rings. The van der Waals surface area contributed by atoms with Crippen LogP contribution in [0, 0.1) is 5.92 Å². The van der Waals surface area contributed by atoms with Gasteiger partial charge < -0.3 is 9.47 Å². The lowest BCUT2D eigenvalue weighted by atomic mass is 9.79. The lowest BCUT2D eigenvalue weighted by Gasteiger charge is -2.38. The van der Waals surface area contributed by atoms with Crippen LogP contribution in [0.5, 0.6) is 0 Å². The first-order valence-corrected chi connectivity index (χ1v) is 11.3. The van der Waals surface area contributed by atoms with Crippen molar-refractivity contribution in [2.24, 2.45) is 5.92 Å². The Bertz CT molecular complexity index is 698. The quantitative estimate of drug-likeness (QED) is 0.166. The summed E-state index contributed by atoms with van der Waals surface area (Å²) in [6.45, 7) is 5.88. The number of ether oxygens (including phenoxy) is 2. The highest BCUT2D eigenvalue weighted by molar-refractivity contribution is 7.87. The molecule has 1 N–H and O–H groups in total. The number of carbonyl (C=O) groups is 1. The van der Waals surface area contributed by atoms with Crippen molar-refractivity contribution in [3.63, 3.8) is 0 Å². The van der Waals surface area contributed by atoms with E-state index < -0.39 is 52.5 Å². The van der Waals surface area contributed by atoms with Crippen LogP contribution in [0.1, 0.15) is 65.2 Å². The largest absolute Gasteiger partial charge is 0.455 e. The maximum absolute atomic E-state index is 13.4. The average Bonchev–Trinajstić information content (AvgIpc) is 2.59. The van der Waals surface area contributed by atoms with Crippen LogP contribution in [0.2, 0.25) is 0 Å². The molecule has 0 aromatic heterocycles. The molecule has 0 amide bonds. The van der Waals surface area contributed by atoms with Crippen molar-refractivity contribution in [3.8, 4) is 0 Å². The van der Waals surface area contributed by atoms with Crippen LogP contribution in [-0.4, -0.2) is 48.9 Å². The van der Waals surface area contributed by atoms with Crippen molar-refractivity contribution >= 4 is 16.1 Å². The highest BCUT2D eigenvalue weighted by Gasteiger charge is 2.65. The first-order valence-electron chi connectivity index (χ1n) is 9.88. The van der Waals surface area contributed by atoms with Gasteiger partial charge in [-0.2, -0.15) is 26.0 Å². The van der Waals surface area contributed by atoms with Gasteiger partial charge in [0.25, 0.3) is 0 Å². The Morgan fingerprint density at radius 3 is 2.07 bits per heavy atom. The zero-order valence-corrected chi connectivity index (χ0v) is 18.1. The molecule has 1 saturated carbocycles. The van der Waals surface area contributed by atoms with E-state index in [1.54, 1.807) is 0 Å². The van der Waals surface area contributed by atoms with E-state index >= 15 is 0 Å². The second-order valence-corrected chi connectivity index (χ2v) is 9.44. The molecule has 176 valence electrons. The predicted molar refractivity (Wildman–Crippen MR) is 102 cm³/mol. The highest BCUT2D eigenvalue weighted by atomic mass is 32.2. The van der Waals surface area contributed by atoms with E-state index in [4.69, 9.17) is 14.0 Å². The number of carbonyl (C=O) groups excluding carboxylic acids is 1. The summed E-state index contributed by atoms with van der Waals surface area (Å²) < 4.78 is 92.8. The van der Waals surface area contributed by atoms with Crippen LogP contribution in [0.15, 0.2) is 12.2 Å². The number of hydrogen-bond donors (Lipinski definition) is 1. The molecule has 0 aromatic rings. The van der Waals surface area contributed by atoms with Gasteiger partial charge in [0.1, 0.15) is 5.60 Å². The molecule has 0 heterocycles. The monoisotopic (exact) mass is 462 g/mol. The molecule has 11 heteroatoms. The SMILES string of the molecule is C=C(COCCC(F)(F)C(F)(F)S(=O)(=O)O)C(=O)OC1(C(C)C)CCCCCCC1. The molecule has 0 saturated heterocycles. The van der Waals surface area contributed by atoms with Crippen LogP contribution in [-0.2, 0) is 24.4 Å². The first kappa shape index (κ1) is 26.8. The molecule has 0 unspecified atom stereocenters. The predicted octanol–water partition coefficient (Wildman–Crippen LogP) is 4.75. The van der Waals surface area contributed by atoms with Crippen LogP contribution in [0.25, 0.3) is 0 Å². The van der Waals surface area contributed by atoms with Gasteiger partial charge in [0.05, 0.1) is 18.8 Å². The maximum Gasteiger partial charge on any atom is 0.431 e. The van der Waals surface area contributed by atoms with Gasteiger partial charge in [-0.05, 0) is 31.6 Å². The van der Waals surface area contributed by atoms with E-state index in [1.807, 2.05) is 13.8 Å². The molecular formula is C19H30F4O6S. The number of rotatable bonds is 10. The van der Waals surface area contributed by atoms with Gasteiger partial charge in [0, 0.05) is 6.42 Å². The Morgan fingerprint density at radius 2 is 1.60 bits per heavy atom. The Morgan fingerprint density at radius 1 is 1.10 bits per heavy atom. The molecule has 1 rings (SSSR count). The molecule has 30 heavy (non-hydrogen) atoms. The number of halogens is 4. The third-order valence-corrected chi connectivity index (χ3v) is 6.37. The van der Waals surface area contributed by atoms with Crippen molar-refractivity contribution in [3.05, 3.63) is 12.2 Å². The van der Waals surface area contributed by atoms with E-state index in [1.165, 1.54) is 0 Å². The fourth-order valence-electron chi connectivity index (χ4n) is 3.35. The fourth-order valence-corrected chi connectivity index (χ4v) is 3.83. The first-order chi connectivity index (χ1) is 13.7. The summed E-state index contributed by atoms with van der Waals surface area (Å²) in [6.07, 6.45) is 4.74. The van der Waals surface area contributed by atoms with Crippen LogP contribution in [0.3, 0.4) is 0 Å². The van der Waals surface area contributed by atoms with Gasteiger partial charge in [-0.15, -0.1) is 0 Å². The third-order valence-electron chi connectivity index (χ3n) is 5.42. The number of esters is 1. The van der Waals surface area contributed by atoms with Crippen LogP contribution >= 0.6 is 0 Å². The molecular weight excluding hydrogens is 432 g/mol. The zero-order chi connectivity index (χ0) is 23.2. The van der Waals surface area contributed by atoms with Crippen molar-refractivity contribution in [1.82, 2.24) is 0 Å². The molecule has 0 atom stereocenters. The fraction of sp³-hybridized carbons (Fsp3) is 0.842. The van der Waals surface area contributed by atoms with E-state index in [2.05, 4.69) is 6.58 Å². The lowest BCUT2D eigenvalue weighted by Crippen LogP contribution is -2.47. The van der Waals surface area contributed by atoms with Crippen LogP contribution < -0.4 is 0 Å². The molecule has 1 aliphatic carbocycles. The van der Waals surface area contributed by atoms with Gasteiger partial charge in [-0.1, -0.05) is 39.7 Å². The van der Waals surface area contributed by atoms with Gasteiger partial charge in [0.15, 0.2) is 0 Å².